The van der Waals surface area contributed by atoms with Gasteiger partial charge in [0.25, 0.3) is 0 Å². The van der Waals surface area contributed by atoms with Gasteiger partial charge in [-0.3, -0.25) is 0 Å². The minimum Gasteiger partial charge on any atom is -0.497 e. The van der Waals surface area contributed by atoms with Crippen LogP contribution < -0.4 is 9.47 Å². The van der Waals surface area contributed by atoms with Crippen molar-refractivity contribution in [2.45, 2.75) is 6.61 Å². The summed E-state index contributed by atoms with van der Waals surface area (Å²) in [7, 11) is 1.64. The van der Waals surface area contributed by atoms with Crippen molar-refractivity contribution < 1.29 is 9.47 Å². The lowest BCUT2D eigenvalue weighted by atomic mass is 10.2. The highest BCUT2D eigenvalue weighted by Crippen LogP contribution is 2.30. The van der Waals surface area contributed by atoms with Crippen molar-refractivity contribution in [2.75, 3.05) is 7.11 Å². The molecule has 0 saturated heterocycles. The summed E-state index contributed by atoms with van der Waals surface area (Å²) < 4.78 is 10.9. The van der Waals surface area contributed by atoms with Crippen LogP contribution in [0.15, 0.2) is 49.0 Å². The molecule has 2 rings (SSSR count). The number of methoxy groups -OCH3 is 1. The SMILES string of the molecule is C=Cc1cccc(Cl)c1OCc1ccc(OC)cc1. The number of hydrogen-bond acceptors (Lipinski definition) is 2. The van der Waals surface area contributed by atoms with Gasteiger partial charge in [-0.15, -0.1) is 0 Å². The molecule has 2 aromatic carbocycles. The summed E-state index contributed by atoms with van der Waals surface area (Å²) in [6.45, 7) is 4.21. The monoisotopic (exact) mass is 274 g/mol. The van der Waals surface area contributed by atoms with E-state index in [0.29, 0.717) is 17.4 Å². The van der Waals surface area contributed by atoms with Gasteiger partial charge in [-0.2, -0.15) is 0 Å². The molecule has 0 N–H and O–H groups in total. The fourth-order valence-electron chi connectivity index (χ4n) is 1.72. The topological polar surface area (TPSA) is 18.5 Å². The molecule has 3 heteroatoms. The van der Waals surface area contributed by atoms with E-state index in [2.05, 4.69) is 6.58 Å². The highest BCUT2D eigenvalue weighted by atomic mass is 35.5. The molecule has 0 heterocycles. The maximum absolute atomic E-state index is 6.13. The van der Waals surface area contributed by atoms with Crippen molar-refractivity contribution in [3.8, 4) is 11.5 Å². The van der Waals surface area contributed by atoms with Crippen molar-refractivity contribution in [1.82, 2.24) is 0 Å². The van der Waals surface area contributed by atoms with Gasteiger partial charge in [-0.25, -0.2) is 0 Å². The van der Waals surface area contributed by atoms with Crippen LogP contribution in [0.25, 0.3) is 6.08 Å². The second-order valence-corrected chi connectivity index (χ2v) is 4.41. The molecule has 98 valence electrons. The summed E-state index contributed by atoms with van der Waals surface area (Å²) in [5, 5.41) is 0.589. The molecule has 0 aliphatic rings. The number of hydrogen-bond donors (Lipinski definition) is 0. The maximum atomic E-state index is 6.13. The number of ether oxygens (including phenoxy) is 2. The Morgan fingerprint density at radius 3 is 2.53 bits per heavy atom. The molecule has 0 amide bonds. The molecule has 0 aromatic heterocycles. The van der Waals surface area contributed by atoms with E-state index >= 15 is 0 Å². The van der Waals surface area contributed by atoms with Gasteiger partial charge in [-0.05, 0) is 23.8 Å². The minimum absolute atomic E-state index is 0.453. The van der Waals surface area contributed by atoms with Crippen LogP contribution in [-0.2, 0) is 6.61 Å². The minimum atomic E-state index is 0.453. The van der Waals surface area contributed by atoms with Crippen LogP contribution in [0.4, 0.5) is 0 Å². The molecular weight excluding hydrogens is 260 g/mol. The molecule has 19 heavy (non-hydrogen) atoms. The summed E-state index contributed by atoms with van der Waals surface area (Å²) in [5.41, 5.74) is 1.94. The molecule has 0 spiro atoms. The second-order valence-electron chi connectivity index (χ2n) is 4.00. The van der Waals surface area contributed by atoms with Gasteiger partial charge in [0.2, 0.25) is 0 Å². The summed E-state index contributed by atoms with van der Waals surface area (Å²) in [6, 6.07) is 13.3. The first-order valence-electron chi connectivity index (χ1n) is 5.91. The predicted octanol–water partition coefficient (Wildman–Crippen LogP) is 4.57. The van der Waals surface area contributed by atoms with Crippen LogP contribution in [0.1, 0.15) is 11.1 Å². The lowest BCUT2D eigenvalue weighted by Gasteiger charge is -2.11. The lowest BCUT2D eigenvalue weighted by Crippen LogP contribution is -1.97. The molecular formula is C16H15ClO2. The predicted molar refractivity (Wildman–Crippen MR) is 78.9 cm³/mol. The Labute approximate surface area is 118 Å². The van der Waals surface area contributed by atoms with Crippen LogP contribution in [0.5, 0.6) is 11.5 Å². The number of para-hydroxylation sites is 1. The Kier molecular flexibility index (Phi) is 4.48. The first-order chi connectivity index (χ1) is 9.24. The zero-order valence-electron chi connectivity index (χ0n) is 10.7. The van der Waals surface area contributed by atoms with E-state index in [4.69, 9.17) is 21.1 Å². The molecule has 0 aliphatic carbocycles. The second kappa shape index (κ2) is 6.30. The molecule has 0 aliphatic heterocycles. The Bertz CT molecular complexity index is 561. The summed E-state index contributed by atoms with van der Waals surface area (Å²) in [4.78, 5) is 0. The molecule has 0 bridgehead atoms. The standard InChI is InChI=1S/C16H15ClO2/c1-3-13-5-4-6-15(17)16(13)19-11-12-7-9-14(18-2)10-8-12/h3-10H,1,11H2,2H3. The Balaban J connectivity index is 2.11. The van der Waals surface area contributed by atoms with E-state index in [9.17, 15) is 0 Å². The van der Waals surface area contributed by atoms with E-state index in [1.54, 1.807) is 19.3 Å². The summed E-state index contributed by atoms with van der Waals surface area (Å²) >= 11 is 6.13. The fourth-order valence-corrected chi connectivity index (χ4v) is 1.95. The summed E-state index contributed by atoms with van der Waals surface area (Å²) in [5.74, 6) is 1.49. The summed E-state index contributed by atoms with van der Waals surface area (Å²) in [6.07, 6.45) is 1.73. The molecule has 0 unspecified atom stereocenters. The molecule has 0 radical (unpaired) electrons. The largest absolute Gasteiger partial charge is 0.497 e. The number of halogens is 1. The Morgan fingerprint density at radius 2 is 1.89 bits per heavy atom. The third-order valence-electron chi connectivity index (χ3n) is 2.76. The van der Waals surface area contributed by atoms with Gasteiger partial charge in [-0.1, -0.05) is 48.5 Å². The van der Waals surface area contributed by atoms with Gasteiger partial charge in [0.05, 0.1) is 12.1 Å². The van der Waals surface area contributed by atoms with Gasteiger partial charge in [0.1, 0.15) is 18.1 Å². The van der Waals surface area contributed by atoms with Crippen LogP contribution in [-0.4, -0.2) is 7.11 Å². The molecule has 2 nitrogen and oxygen atoms in total. The fraction of sp³-hybridized carbons (Fsp3) is 0.125. The van der Waals surface area contributed by atoms with Crippen LogP contribution in [0, 0.1) is 0 Å². The highest BCUT2D eigenvalue weighted by molar-refractivity contribution is 6.32. The third kappa shape index (κ3) is 3.30. The van der Waals surface area contributed by atoms with E-state index in [-0.39, 0.29) is 0 Å². The van der Waals surface area contributed by atoms with Crippen LogP contribution >= 0.6 is 11.6 Å². The van der Waals surface area contributed by atoms with Crippen molar-refractivity contribution in [1.29, 1.82) is 0 Å². The average molecular weight is 275 g/mol. The average Bonchev–Trinajstić information content (AvgIpc) is 2.46. The van der Waals surface area contributed by atoms with E-state index in [1.165, 1.54) is 0 Å². The number of benzene rings is 2. The van der Waals surface area contributed by atoms with E-state index in [0.717, 1.165) is 16.9 Å². The van der Waals surface area contributed by atoms with Crippen LogP contribution in [0.2, 0.25) is 5.02 Å². The van der Waals surface area contributed by atoms with E-state index in [1.807, 2.05) is 36.4 Å². The lowest BCUT2D eigenvalue weighted by molar-refractivity contribution is 0.305. The van der Waals surface area contributed by atoms with Crippen molar-refractivity contribution in [3.05, 3.63) is 65.2 Å². The molecule has 0 atom stereocenters. The Morgan fingerprint density at radius 1 is 1.16 bits per heavy atom. The van der Waals surface area contributed by atoms with Crippen molar-refractivity contribution >= 4 is 17.7 Å². The van der Waals surface area contributed by atoms with Gasteiger partial charge in [0, 0.05) is 5.56 Å². The zero-order chi connectivity index (χ0) is 13.7. The van der Waals surface area contributed by atoms with Crippen molar-refractivity contribution in [3.63, 3.8) is 0 Å². The molecule has 0 fully saturated rings. The Hall–Kier alpha value is -1.93. The highest BCUT2D eigenvalue weighted by Gasteiger charge is 2.06. The molecule has 2 aromatic rings. The molecule has 0 saturated carbocycles. The van der Waals surface area contributed by atoms with Gasteiger partial charge >= 0.3 is 0 Å². The zero-order valence-corrected chi connectivity index (χ0v) is 11.5. The first-order valence-corrected chi connectivity index (χ1v) is 6.29. The quantitative estimate of drug-likeness (QED) is 0.795. The van der Waals surface area contributed by atoms with Crippen LogP contribution in [0.3, 0.4) is 0 Å². The number of rotatable bonds is 5. The maximum Gasteiger partial charge on any atom is 0.145 e. The van der Waals surface area contributed by atoms with Crippen molar-refractivity contribution in [2.24, 2.45) is 0 Å². The normalized spacial score (nSPS) is 10.0. The smallest absolute Gasteiger partial charge is 0.145 e. The van der Waals surface area contributed by atoms with E-state index < -0.39 is 0 Å². The van der Waals surface area contributed by atoms with Gasteiger partial charge in [0.15, 0.2) is 0 Å². The van der Waals surface area contributed by atoms with Gasteiger partial charge < -0.3 is 9.47 Å². The first kappa shape index (κ1) is 13.5. The third-order valence-corrected chi connectivity index (χ3v) is 3.06.